The first-order chi connectivity index (χ1) is 12.7. The summed E-state index contributed by atoms with van der Waals surface area (Å²) in [6.45, 7) is 2.12. The third-order valence-electron chi connectivity index (χ3n) is 3.56. The van der Waals surface area contributed by atoms with E-state index in [1.807, 2.05) is 36.4 Å². The van der Waals surface area contributed by atoms with Crippen molar-refractivity contribution < 1.29 is 9.53 Å². The lowest BCUT2D eigenvalue weighted by molar-refractivity contribution is 0.0526. The average molecular weight is 366 g/mol. The first-order valence-corrected chi connectivity index (χ1v) is 8.52. The maximum absolute atomic E-state index is 11.6. The molecule has 3 N–H and O–H groups in total. The molecule has 0 spiro atoms. The van der Waals surface area contributed by atoms with E-state index in [1.54, 1.807) is 31.2 Å². The number of nitrogens with zero attached hydrogens (tertiary/aromatic N) is 1. The van der Waals surface area contributed by atoms with Gasteiger partial charge in [-0.05, 0) is 49.0 Å². The number of benzene rings is 2. The Morgan fingerprint density at radius 2 is 1.85 bits per heavy atom. The van der Waals surface area contributed by atoms with Gasteiger partial charge in [0.1, 0.15) is 0 Å². The van der Waals surface area contributed by atoms with Crippen LogP contribution in [0.5, 0.6) is 0 Å². The normalized spacial score (nSPS) is 10.2. The van der Waals surface area contributed by atoms with Crippen molar-refractivity contribution in [3.8, 4) is 11.3 Å². The molecular weight excluding hydrogens is 348 g/mol. The summed E-state index contributed by atoms with van der Waals surface area (Å²) in [5.41, 5.74) is 3.20. The summed E-state index contributed by atoms with van der Waals surface area (Å²) in [5, 5.41) is 13.7. The summed E-state index contributed by atoms with van der Waals surface area (Å²) in [4.78, 5) is 11.6. The zero-order chi connectivity index (χ0) is 18.4. The van der Waals surface area contributed by atoms with Gasteiger partial charge in [-0.1, -0.05) is 30.3 Å². The molecule has 1 heterocycles. The van der Waals surface area contributed by atoms with Crippen molar-refractivity contribution in [2.75, 3.05) is 17.2 Å². The number of anilines is 2. The van der Waals surface area contributed by atoms with Gasteiger partial charge in [-0.15, -0.1) is 0 Å². The first kappa shape index (κ1) is 17.6. The number of hydrogen-bond acceptors (Lipinski definition) is 4. The Morgan fingerprint density at radius 3 is 2.54 bits per heavy atom. The van der Waals surface area contributed by atoms with Crippen LogP contribution in [0.4, 0.5) is 11.5 Å². The van der Waals surface area contributed by atoms with E-state index in [-0.39, 0.29) is 5.97 Å². The molecule has 0 aliphatic heterocycles. The molecule has 0 saturated heterocycles. The molecule has 2 aromatic carbocycles. The van der Waals surface area contributed by atoms with Crippen molar-refractivity contribution in [2.24, 2.45) is 0 Å². The third kappa shape index (κ3) is 4.46. The molecule has 0 fully saturated rings. The van der Waals surface area contributed by atoms with Crippen molar-refractivity contribution >= 4 is 34.8 Å². The molecule has 26 heavy (non-hydrogen) atoms. The number of thiocarbonyl (C=S) groups is 1. The van der Waals surface area contributed by atoms with Gasteiger partial charge in [0, 0.05) is 11.8 Å². The lowest BCUT2D eigenvalue weighted by Crippen LogP contribution is -2.19. The molecule has 0 atom stereocenters. The molecule has 0 amide bonds. The van der Waals surface area contributed by atoms with Crippen molar-refractivity contribution in [2.45, 2.75) is 6.92 Å². The number of carbonyl (C=O) groups is 1. The third-order valence-corrected chi connectivity index (χ3v) is 3.76. The second-order valence-corrected chi connectivity index (χ2v) is 5.82. The molecule has 3 aromatic rings. The number of hydrogen-bond donors (Lipinski definition) is 3. The van der Waals surface area contributed by atoms with Crippen LogP contribution in [0.25, 0.3) is 11.3 Å². The van der Waals surface area contributed by atoms with E-state index in [0.717, 1.165) is 16.9 Å². The Bertz CT molecular complexity index is 891. The van der Waals surface area contributed by atoms with Crippen LogP contribution in [0.2, 0.25) is 0 Å². The number of aromatic nitrogens is 2. The fourth-order valence-corrected chi connectivity index (χ4v) is 2.56. The van der Waals surface area contributed by atoms with Crippen molar-refractivity contribution in [3.05, 3.63) is 66.2 Å². The van der Waals surface area contributed by atoms with Gasteiger partial charge in [-0.25, -0.2) is 4.79 Å². The minimum Gasteiger partial charge on any atom is -0.462 e. The lowest BCUT2D eigenvalue weighted by Gasteiger charge is -2.09. The van der Waals surface area contributed by atoms with Gasteiger partial charge in [0.25, 0.3) is 0 Å². The highest BCUT2D eigenvalue weighted by molar-refractivity contribution is 7.80. The molecule has 1 aromatic heterocycles. The SMILES string of the molecule is CCOC(=O)c1ccc(NC(=S)Nc2cc(-c3ccccc3)[nH]n2)cc1. The van der Waals surface area contributed by atoms with Crippen LogP contribution in [0.1, 0.15) is 17.3 Å². The summed E-state index contributed by atoms with van der Waals surface area (Å²) in [7, 11) is 0. The molecule has 0 aliphatic carbocycles. The van der Waals surface area contributed by atoms with Gasteiger partial charge in [-0.3, -0.25) is 5.10 Å². The molecule has 7 heteroatoms. The van der Waals surface area contributed by atoms with Crippen LogP contribution < -0.4 is 10.6 Å². The Labute approximate surface area is 156 Å². The van der Waals surface area contributed by atoms with Gasteiger partial charge >= 0.3 is 5.97 Å². The van der Waals surface area contributed by atoms with E-state index >= 15 is 0 Å². The number of carbonyl (C=O) groups excluding carboxylic acids is 1. The minimum absolute atomic E-state index is 0.343. The topological polar surface area (TPSA) is 79.0 Å². The number of esters is 1. The number of ether oxygens (including phenoxy) is 1. The van der Waals surface area contributed by atoms with E-state index in [2.05, 4.69) is 20.8 Å². The number of nitrogens with one attached hydrogen (secondary N) is 3. The molecule has 0 unspecified atom stereocenters. The van der Waals surface area contributed by atoms with E-state index in [1.165, 1.54) is 0 Å². The Hall–Kier alpha value is -3.19. The minimum atomic E-state index is -0.343. The van der Waals surface area contributed by atoms with Crippen LogP contribution >= 0.6 is 12.2 Å². The highest BCUT2D eigenvalue weighted by Gasteiger charge is 2.07. The standard InChI is InChI=1S/C19H18N4O2S/c1-2-25-18(24)14-8-10-15(11-9-14)20-19(26)21-17-12-16(22-23-17)13-6-4-3-5-7-13/h3-12H,2H2,1H3,(H3,20,21,22,23,26). The molecule has 0 saturated carbocycles. The Morgan fingerprint density at radius 1 is 1.12 bits per heavy atom. The van der Waals surface area contributed by atoms with Crippen LogP contribution in [-0.2, 0) is 4.74 Å². The van der Waals surface area contributed by atoms with Crippen molar-refractivity contribution in [3.63, 3.8) is 0 Å². The summed E-state index contributed by atoms with van der Waals surface area (Å²) in [6, 6.07) is 18.7. The molecule has 3 rings (SSSR count). The average Bonchev–Trinajstić information content (AvgIpc) is 3.11. The van der Waals surface area contributed by atoms with Crippen LogP contribution in [0, 0.1) is 0 Å². The molecule has 6 nitrogen and oxygen atoms in total. The number of H-pyrrole nitrogens is 1. The molecule has 0 radical (unpaired) electrons. The summed E-state index contributed by atoms with van der Waals surface area (Å²) in [5.74, 6) is 0.272. The van der Waals surface area contributed by atoms with Gasteiger partial charge < -0.3 is 15.4 Å². The largest absolute Gasteiger partial charge is 0.462 e. The monoisotopic (exact) mass is 366 g/mol. The first-order valence-electron chi connectivity index (χ1n) is 8.11. The summed E-state index contributed by atoms with van der Waals surface area (Å²) in [6.07, 6.45) is 0. The van der Waals surface area contributed by atoms with Crippen LogP contribution in [0.3, 0.4) is 0 Å². The van der Waals surface area contributed by atoms with Gasteiger partial charge in [0.2, 0.25) is 0 Å². The molecule has 0 bridgehead atoms. The maximum Gasteiger partial charge on any atom is 0.338 e. The van der Waals surface area contributed by atoms with E-state index in [9.17, 15) is 4.79 Å². The smallest absolute Gasteiger partial charge is 0.338 e. The van der Waals surface area contributed by atoms with Crippen LogP contribution in [0.15, 0.2) is 60.7 Å². The second kappa shape index (κ2) is 8.26. The Kier molecular flexibility index (Phi) is 5.60. The summed E-state index contributed by atoms with van der Waals surface area (Å²) >= 11 is 5.30. The zero-order valence-corrected chi connectivity index (χ0v) is 15.0. The van der Waals surface area contributed by atoms with E-state index < -0.39 is 0 Å². The van der Waals surface area contributed by atoms with Gasteiger partial charge in [0.15, 0.2) is 10.9 Å². The summed E-state index contributed by atoms with van der Waals surface area (Å²) < 4.78 is 4.96. The van der Waals surface area contributed by atoms with E-state index in [0.29, 0.717) is 23.1 Å². The van der Waals surface area contributed by atoms with Gasteiger partial charge in [0.05, 0.1) is 17.9 Å². The van der Waals surface area contributed by atoms with E-state index in [4.69, 9.17) is 17.0 Å². The fourth-order valence-electron chi connectivity index (χ4n) is 2.33. The molecular formula is C19H18N4O2S. The quantitative estimate of drug-likeness (QED) is 0.467. The lowest BCUT2D eigenvalue weighted by atomic mass is 10.2. The second-order valence-electron chi connectivity index (χ2n) is 5.41. The predicted molar refractivity (Wildman–Crippen MR) is 106 cm³/mol. The molecule has 0 aliphatic rings. The highest BCUT2D eigenvalue weighted by Crippen LogP contribution is 2.19. The van der Waals surface area contributed by atoms with Crippen LogP contribution in [-0.4, -0.2) is 27.9 Å². The highest BCUT2D eigenvalue weighted by atomic mass is 32.1. The zero-order valence-electron chi connectivity index (χ0n) is 14.2. The number of aromatic amines is 1. The molecule has 132 valence electrons. The van der Waals surface area contributed by atoms with Gasteiger partial charge in [-0.2, -0.15) is 5.10 Å². The van der Waals surface area contributed by atoms with Crippen molar-refractivity contribution in [1.82, 2.24) is 10.2 Å². The maximum atomic E-state index is 11.6. The fraction of sp³-hybridized carbons (Fsp3) is 0.105. The predicted octanol–water partition coefficient (Wildman–Crippen LogP) is 4.06. The Balaban J connectivity index is 1.59. The number of rotatable bonds is 5. The van der Waals surface area contributed by atoms with Crippen molar-refractivity contribution in [1.29, 1.82) is 0 Å².